The lowest BCUT2D eigenvalue weighted by molar-refractivity contribution is -0.137. The second kappa shape index (κ2) is 8.31. The van der Waals surface area contributed by atoms with Crippen molar-refractivity contribution in [2.45, 2.75) is 19.3 Å². The summed E-state index contributed by atoms with van der Waals surface area (Å²) in [6.45, 7) is 0.618. The Morgan fingerprint density at radius 1 is 1.00 bits per heavy atom. The predicted octanol–water partition coefficient (Wildman–Crippen LogP) is 0.604. The summed E-state index contributed by atoms with van der Waals surface area (Å²) in [4.78, 5) is 35.1. The average Bonchev–Trinajstić information content (AvgIpc) is 2.59. The zero-order chi connectivity index (χ0) is 20.2. The summed E-state index contributed by atoms with van der Waals surface area (Å²) in [5.41, 5.74) is -0.696. The molecule has 0 bridgehead atoms. The fraction of sp³-hybridized carbons (Fsp3) is 0.353. The van der Waals surface area contributed by atoms with Gasteiger partial charge in [-0.3, -0.25) is 18.9 Å². The van der Waals surface area contributed by atoms with Crippen LogP contribution in [-0.2, 0) is 14.9 Å². The normalized spacial score (nSPS) is 11.6. The van der Waals surface area contributed by atoms with Gasteiger partial charge in [0, 0.05) is 25.2 Å². The molecule has 0 radical (unpaired) electrons. The molecule has 10 heteroatoms. The molecule has 27 heavy (non-hydrogen) atoms. The first-order valence-corrected chi connectivity index (χ1v) is 9.75. The highest BCUT2D eigenvalue weighted by Gasteiger charge is 2.21. The molecule has 0 spiro atoms. The van der Waals surface area contributed by atoms with Crippen LogP contribution in [0.4, 0.5) is 5.69 Å². The van der Waals surface area contributed by atoms with Gasteiger partial charge in [0.05, 0.1) is 11.3 Å². The van der Waals surface area contributed by atoms with Crippen LogP contribution in [-0.4, -0.2) is 48.0 Å². The molecule has 3 N–H and O–H groups in total. The molecular formula is C17H19NO8S. The van der Waals surface area contributed by atoms with Crippen molar-refractivity contribution in [3.05, 3.63) is 44.7 Å². The van der Waals surface area contributed by atoms with Crippen molar-refractivity contribution in [2.75, 3.05) is 23.7 Å². The quantitative estimate of drug-likeness (QED) is 0.387. The number of carboxylic acids is 1. The lowest BCUT2D eigenvalue weighted by atomic mass is 10.00. The van der Waals surface area contributed by atoms with Gasteiger partial charge in [-0.1, -0.05) is 12.1 Å². The lowest BCUT2D eigenvalue weighted by Crippen LogP contribution is -2.31. The second-order valence-corrected chi connectivity index (χ2v) is 7.62. The highest BCUT2D eigenvalue weighted by Crippen LogP contribution is 2.27. The number of aliphatic carboxylic acids is 1. The number of aromatic hydroxyl groups is 1. The van der Waals surface area contributed by atoms with Gasteiger partial charge in [0.1, 0.15) is 0 Å². The van der Waals surface area contributed by atoms with E-state index in [9.17, 15) is 27.9 Å². The molecule has 2 aromatic rings. The third-order valence-electron chi connectivity index (χ3n) is 4.06. The number of nitrogens with zero attached hydrogens (tertiary/aromatic N) is 1. The smallest absolute Gasteiger partial charge is 0.303 e. The van der Waals surface area contributed by atoms with Crippen LogP contribution in [0.3, 0.4) is 0 Å². The van der Waals surface area contributed by atoms with E-state index < -0.39 is 38.4 Å². The number of carbonyl (C=O) groups is 1. The fourth-order valence-electron chi connectivity index (χ4n) is 2.72. The van der Waals surface area contributed by atoms with Crippen molar-refractivity contribution in [2.24, 2.45) is 0 Å². The van der Waals surface area contributed by atoms with Gasteiger partial charge in [-0.2, -0.15) is 8.42 Å². The van der Waals surface area contributed by atoms with E-state index in [1.165, 1.54) is 12.1 Å². The molecule has 0 heterocycles. The van der Waals surface area contributed by atoms with E-state index in [-0.39, 0.29) is 24.9 Å². The van der Waals surface area contributed by atoms with Gasteiger partial charge >= 0.3 is 5.97 Å². The van der Waals surface area contributed by atoms with Crippen LogP contribution < -0.4 is 15.8 Å². The summed E-state index contributed by atoms with van der Waals surface area (Å²) in [7, 11) is -4.09. The van der Waals surface area contributed by atoms with Crippen LogP contribution in [0.25, 0.3) is 11.1 Å². The first-order chi connectivity index (χ1) is 12.6. The third-order valence-corrected chi connectivity index (χ3v) is 4.86. The van der Waals surface area contributed by atoms with E-state index in [0.717, 1.165) is 0 Å². The topological polar surface area (TPSA) is 149 Å². The van der Waals surface area contributed by atoms with Gasteiger partial charge < -0.3 is 15.1 Å². The van der Waals surface area contributed by atoms with Gasteiger partial charge in [0.15, 0.2) is 5.75 Å². The molecule has 0 amide bonds. The standard InChI is InChI=1S/C17H19NO8S/c19-13(20)3-1-8-18(9-2-10-27(24,25)26)12-6-4-11(5-7-12)14-15(21)17(23)16(14)22/h4-7,21H,1-3,8-10H2,(H,19,20)(H,24,25,26). The maximum atomic E-state index is 11.5. The summed E-state index contributed by atoms with van der Waals surface area (Å²) in [6.07, 6.45) is 0.429. The summed E-state index contributed by atoms with van der Waals surface area (Å²) < 4.78 is 30.6. The molecule has 0 atom stereocenters. The first-order valence-electron chi connectivity index (χ1n) is 8.15. The maximum Gasteiger partial charge on any atom is 0.303 e. The van der Waals surface area contributed by atoms with Crippen LogP contribution in [0.1, 0.15) is 19.3 Å². The van der Waals surface area contributed by atoms with Gasteiger partial charge in [0.25, 0.3) is 15.5 Å². The fourth-order valence-corrected chi connectivity index (χ4v) is 3.21. The summed E-state index contributed by atoms with van der Waals surface area (Å²) in [5, 5.41) is 18.3. The van der Waals surface area contributed by atoms with Crippen LogP contribution in [0.15, 0.2) is 33.9 Å². The van der Waals surface area contributed by atoms with Gasteiger partial charge in [-0.15, -0.1) is 0 Å². The van der Waals surface area contributed by atoms with Crippen molar-refractivity contribution in [1.82, 2.24) is 0 Å². The Hall–Kier alpha value is -2.72. The number of rotatable bonds is 10. The van der Waals surface area contributed by atoms with Crippen LogP contribution in [0.5, 0.6) is 5.75 Å². The lowest BCUT2D eigenvalue weighted by Gasteiger charge is -2.25. The van der Waals surface area contributed by atoms with Crippen molar-refractivity contribution >= 4 is 21.8 Å². The zero-order valence-corrected chi connectivity index (χ0v) is 15.1. The Morgan fingerprint density at radius 2 is 1.59 bits per heavy atom. The minimum Gasteiger partial charge on any atom is -0.503 e. The summed E-state index contributed by atoms with van der Waals surface area (Å²) >= 11 is 0. The average molecular weight is 397 g/mol. The van der Waals surface area contributed by atoms with Gasteiger partial charge in [-0.25, -0.2) is 0 Å². The molecule has 0 fully saturated rings. The number of hydrogen-bond donors (Lipinski definition) is 3. The number of carboxylic acid groups (broad SMARTS) is 1. The molecule has 0 aromatic heterocycles. The molecular weight excluding hydrogens is 378 g/mol. The van der Waals surface area contributed by atoms with E-state index in [4.69, 9.17) is 9.66 Å². The van der Waals surface area contributed by atoms with Gasteiger partial charge in [-0.05, 0) is 30.5 Å². The van der Waals surface area contributed by atoms with Crippen molar-refractivity contribution in [3.8, 4) is 16.9 Å². The molecule has 0 unspecified atom stereocenters. The molecule has 0 aliphatic rings. The highest BCUT2D eigenvalue weighted by molar-refractivity contribution is 7.85. The van der Waals surface area contributed by atoms with E-state index in [1.807, 2.05) is 0 Å². The van der Waals surface area contributed by atoms with Gasteiger partial charge in [0.2, 0.25) is 5.43 Å². The minimum atomic E-state index is -4.09. The van der Waals surface area contributed by atoms with E-state index >= 15 is 0 Å². The Morgan fingerprint density at radius 3 is 2.11 bits per heavy atom. The van der Waals surface area contributed by atoms with Crippen LogP contribution >= 0.6 is 0 Å². The van der Waals surface area contributed by atoms with E-state index in [0.29, 0.717) is 24.2 Å². The summed E-state index contributed by atoms with van der Waals surface area (Å²) in [6, 6.07) is 6.33. The second-order valence-electron chi connectivity index (χ2n) is 6.05. The largest absolute Gasteiger partial charge is 0.503 e. The monoisotopic (exact) mass is 397 g/mol. The van der Waals surface area contributed by atoms with Crippen LogP contribution in [0.2, 0.25) is 0 Å². The minimum absolute atomic E-state index is 0.0460. The highest BCUT2D eigenvalue weighted by atomic mass is 32.2. The number of hydrogen-bond acceptors (Lipinski definition) is 7. The maximum absolute atomic E-state index is 11.5. The van der Waals surface area contributed by atoms with E-state index in [2.05, 4.69) is 0 Å². The van der Waals surface area contributed by atoms with Crippen molar-refractivity contribution in [1.29, 1.82) is 0 Å². The number of anilines is 1. The van der Waals surface area contributed by atoms with Crippen molar-refractivity contribution in [3.63, 3.8) is 0 Å². The molecule has 2 rings (SSSR count). The molecule has 0 aliphatic heterocycles. The molecule has 9 nitrogen and oxygen atoms in total. The Balaban J connectivity index is 2.14. The Bertz CT molecular complexity index is 987. The number of benzene rings is 1. The molecule has 2 aromatic carbocycles. The first kappa shape index (κ1) is 20.6. The molecule has 146 valence electrons. The summed E-state index contributed by atoms with van der Waals surface area (Å²) in [5.74, 6) is -1.93. The van der Waals surface area contributed by atoms with E-state index in [1.54, 1.807) is 17.0 Å². The molecule has 0 saturated heterocycles. The molecule has 0 aliphatic carbocycles. The third kappa shape index (κ3) is 5.38. The van der Waals surface area contributed by atoms with Crippen LogP contribution in [0, 0.1) is 0 Å². The van der Waals surface area contributed by atoms with Crippen molar-refractivity contribution < 1.29 is 28.0 Å². The Kier molecular flexibility index (Phi) is 6.34. The predicted molar refractivity (Wildman–Crippen MR) is 98.6 cm³/mol. The Labute approximate surface area is 154 Å². The SMILES string of the molecule is O=C(O)CCCN(CCCS(=O)(=O)O)c1ccc(-c2c(O)c(=O)c2=O)cc1. The molecule has 0 saturated carbocycles. The zero-order valence-electron chi connectivity index (χ0n) is 14.3.